The van der Waals surface area contributed by atoms with Crippen molar-refractivity contribution in [1.29, 1.82) is 0 Å². The van der Waals surface area contributed by atoms with E-state index in [9.17, 15) is 4.79 Å². The number of aryl methyl sites for hydroxylation is 1. The number of piperidine rings is 1. The smallest absolute Gasteiger partial charge is 0.244 e. The van der Waals surface area contributed by atoms with E-state index >= 15 is 0 Å². The first-order valence-electron chi connectivity index (χ1n) is 5.88. The first-order chi connectivity index (χ1) is 8.13. The summed E-state index contributed by atoms with van der Waals surface area (Å²) >= 11 is 3.45. The van der Waals surface area contributed by atoms with E-state index in [1.54, 1.807) is 0 Å². The molecule has 1 N–H and O–H groups in total. The Hall–Kier alpha value is -0.870. The van der Waals surface area contributed by atoms with Crippen LogP contribution in [0, 0.1) is 6.92 Å². The number of halogens is 1. The molecule has 1 saturated heterocycles. The number of hydrogen-bond acceptors (Lipinski definition) is 2. The SMILES string of the molecule is CNC1CCCN(c2ccc(Br)cc2C)C1=O. The van der Waals surface area contributed by atoms with Crippen LogP contribution < -0.4 is 10.2 Å². The van der Waals surface area contributed by atoms with Crippen LogP contribution in [0.5, 0.6) is 0 Å². The molecule has 1 heterocycles. The van der Waals surface area contributed by atoms with Crippen molar-refractivity contribution in [3.63, 3.8) is 0 Å². The molecule has 3 nitrogen and oxygen atoms in total. The molecule has 1 amide bonds. The molecular weight excluding hydrogens is 280 g/mol. The summed E-state index contributed by atoms with van der Waals surface area (Å²) < 4.78 is 1.05. The highest BCUT2D eigenvalue weighted by Crippen LogP contribution is 2.27. The average molecular weight is 297 g/mol. The summed E-state index contributed by atoms with van der Waals surface area (Å²) in [6.07, 6.45) is 1.98. The highest BCUT2D eigenvalue weighted by molar-refractivity contribution is 9.10. The third-order valence-electron chi connectivity index (χ3n) is 3.24. The first kappa shape index (κ1) is 12.6. The van der Waals surface area contributed by atoms with Crippen LogP contribution in [-0.2, 0) is 4.79 Å². The largest absolute Gasteiger partial charge is 0.311 e. The zero-order valence-electron chi connectivity index (χ0n) is 10.2. The van der Waals surface area contributed by atoms with Crippen molar-refractivity contribution >= 4 is 27.5 Å². The van der Waals surface area contributed by atoms with E-state index in [0.29, 0.717) is 0 Å². The fraction of sp³-hybridized carbons (Fsp3) is 0.462. The van der Waals surface area contributed by atoms with E-state index in [1.165, 1.54) is 0 Å². The maximum absolute atomic E-state index is 12.2. The van der Waals surface area contributed by atoms with Crippen molar-refractivity contribution in [3.05, 3.63) is 28.2 Å². The van der Waals surface area contributed by atoms with E-state index < -0.39 is 0 Å². The van der Waals surface area contributed by atoms with E-state index in [1.807, 2.05) is 37.1 Å². The zero-order valence-corrected chi connectivity index (χ0v) is 11.8. The van der Waals surface area contributed by atoms with E-state index in [-0.39, 0.29) is 11.9 Å². The van der Waals surface area contributed by atoms with Crippen molar-refractivity contribution in [2.75, 3.05) is 18.5 Å². The van der Waals surface area contributed by atoms with Gasteiger partial charge in [-0.2, -0.15) is 0 Å². The Kier molecular flexibility index (Phi) is 3.84. The summed E-state index contributed by atoms with van der Waals surface area (Å²) in [6, 6.07) is 6.01. The first-order valence-corrected chi connectivity index (χ1v) is 6.67. The number of carbonyl (C=O) groups excluding carboxylic acids is 1. The molecule has 1 aromatic carbocycles. The van der Waals surface area contributed by atoms with Gasteiger partial charge >= 0.3 is 0 Å². The monoisotopic (exact) mass is 296 g/mol. The number of rotatable bonds is 2. The van der Waals surface area contributed by atoms with Crippen LogP contribution in [0.25, 0.3) is 0 Å². The van der Waals surface area contributed by atoms with Crippen LogP contribution in [0.4, 0.5) is 5.69 Å². The lowest BCUT2D eigenvalue weighted by Gasteiger charge is -2.33. The fourth-order valence-electron chi connectivity index (χ4n) is 2.30. The van der Waals surface area contributed by atoms with Crippen molar-refractivity contribution in [1.82, 2.24) is 5.32 Å². The predicted octanol–water partition coefficient (Wildman–Crippen LogP) is 2.47. The second-order valence-electron chi connectivity index (χ2n) is 4.40. The lowest BCUT2D eigenvalue weighted by atomic mass is 10.0. The van der Waals surface area contributed by atoms with Gasteiger partial charge in [0.2, 0.25) is 5.91 Å². The molecule has 1 aromatic rings. The number of hydrogen-bond donors (Lipinski definition) is 1. The van der Waals surface area contributed by atoms with Crippen molar-refractivity contribution in [2.24, 2.45) is 0 Å². The molecule has 92 valence electrons. The van der Waals surface area contributed by atoms with E-state index in [2.05, 4.69) is 21.2 Å². The van der Waals surface area contributed by atoms with Gasteiger partial charge in [0, 0.05) is 16.7 Å². The lowest BCUT2D eigenvalue weighted by Crippen LogP contribution is -2.50. The summed E-state index contributed by atoms with van der Waals surface area (Å²) in [5, 5.41) is 3.08. The highest BCUT2D eigenvalue weighted by atomic mass is 79.9. The molecule has 0 aliphatic carbocycles. The second-order valence-corrected chi connectivity index (χ2v) is 5.32. The molecule has 0 radical (unpaired) electrons. The van der Waals surface area contributed by atoms with Gasteiger partial charge in [0.25, 0.3) is 0 Å². The molecule has 1 fully saturated rings. The van der Waals surface area contributed by atoms with Gasteiger partial charge in [-0.25, -0.2) is 0 Å². The van der Waals surface area contributed by atoms with Gasteiger partial charge in [0.1, 0.15) is 0 Å². The number of carbonyl (C=O) groups is 1. The van der Waals surface area contributed by atoms with E-state index in [0.717, 1.165) is 35.1 Å². The third kappa shape index (κ3) is 2.53. The van der Waals surface area contributed by atoms with Crippen LogP contribution in [0.2, 0.25) is 0 Å². The predicted molar refractivity (Wildman–Crippen MR) is 73.3 cm³/mol. The Morgan fingerprint density at radius 1 is 1.47 bits per heavy atom. The Morgan fingerprint density at radius 2 is 2.24 bits per heavy atom. The maximum Gasteiger partial charge on any atom is 0.244 e. The van der Waals surface area contributed by atoms with Crippen LogP contribution in [0.3, 0.4) is 0 Å². The summed E-state index contributed by atoms with van der Waals surface area (Å²) in [5.41, 5.74) is 2.16. The number of nitrogens with zero attached hydrogens (tertiary/aromatic N) is 1. The van der Waals surface area contributed by atoms with Gasteiger partial charge in [0.05, 0.1) is 6.04 Å². The molecule has 0 aromatic heterocycles. The topological polar surface area (TPSA) is 32.3 Å². The minimum absolute atomic E-state index is 0.0354. The Balaban J connectivity index is 2.29. The molecule has 0 saturated carbocycles. The van der Waals surface area contributed by atoms with Crippen molar-refractivity contribution in [3.8, 4) is 0 Å². The molecule has 1 aliphatic heterocycles. The second kappa shape index (κ2) is 5.19. The number of benzene rings is 1. The van der Waals surface area contributed by atoms with E-state index in [4.69, 9.17) is 0 Å². The van der Waals surface area contributed by atoms with Crippen LogP contribution in [0.15, 0.2) is 22.7 Å². The molecule has 4 heteroatoms. The normalized spacial score (nSPS) is 20.8. The van der Waals surface area contributed by atoms with Gasteiger partial charge in [-0.1, -0.05) is 15.9 Å². The lowest BCUT2D eigenvalue weighted by molar-refractivity contribution is -0.121. The number of nitrogens with one attached hydrogen (secondary N) is 1. The van der Waals surface area contributed by atoms with Crippen LogP contribution in [-0.4, -0.2) is 25.5 Å². The summed E-state index contributed by atoms with van der Waals surface area (Å²) in [6.45, 7) is 2.86. The minimum Gasteiger partial charge on any atom is -0.311 e. The summed E-state index contributed by atoms with van der Waals surface area (Å²) in [5.74, 6) is 0.184. The van der Waals surface area contributed by atoms with Gasteiger partial charge in [-0.3, -0.25) is 4.79 Å². The minimum atomic E-state index is -0.0354. The summed E-state index contributed by atoms with van der Waals surface area (Å²) in [4.78, 5) is 14.1. The highest BCUT2D eigenvalue weighted by Gasteiger charge is 2.28. The molecule has 2 rings (SSSR count). The van der Waals surface area contributed by atoms with Crippen LogP contribution >= 0.6 is 15.9 Å². The molecule has 1 unspecified atom stereocenters. The molecule has 0 bridgehead atoms. The fourth-order valence-corrected chi connectivity index (χ4v) is 2.78. The number of likely N-dealkylation sites (N-methyl/N-ethyl adjacent to an activating group) is 1. The molecule has 1 atom stereocenters. The third-order valence-corrected chi connectivity index (χ3v) is 3.73. The quantitative estimate of drug-likeness (QED) is 0.909. The van der Waals surface area contributed by atoms with Crippen molar-refractivity contribution in [2.45, 2.75) is 25.8 Å². The Morgan fingerprint density at radius 3 is 2.88 bits per heavy atom. The Labute approximate surface area is 110 Å². The number of anilines is 1. The van der Waals surface area contributed by atoms with Crippen LogP contribution in [0.1, 0.15) is 18.4 Å². The average Bonchev–Trinajstić information content (AvgIpc) is 2.30. The number of amides is 1. The molecular formula is C13H17BrN2O. The molecule has 17 heavy (non-hydrogen) atoms. The standard InChI is InChI=1S/C13H17BrN2O/c1-9-8-10(14)5-6-12(9)16-7-3-4-11(15-2)13(16)17/h5-6,8,11,15H,3-4,7H2,1-2H3. The van der Waals surface area contributed by atoms with Gasteiger partial charge in [-0.15, -0.1) is 0 Å². The molecule has 1 aliphatic rings. The Bertz CT molecular complexity index is 433. The van der Waals surface area contributed by atoms with Gasteiger partial charge in [-0.05, 0) is 50.6 Å². The summed E-state index contributed by atoms with van der Waals surface area (Å²) in [7, 11) is 1.85. The van der Waals surface area contributed by atoms with Crippen molar-refractivity contribution < 1.29 is 4.79 Å². The van der Waals surface area contributed by atoms with Gasteiger partial charge in [0.15, 0.2) is 0 Å². The zero-order chi connectivity index (χ0) is 12.4. The maximum atomic E-state index is 12.2. The molecule has 0 spiro atoms. The van der Waals surface area contributed by atoms with Gasteiger partial charge < -0.3 is 10.2 Å².